The molecular formula is C14H23N3O2S. The van der Waals surface area contributed by atoms with Crippen molar-refractivity contribution < 1.29 is 9.90 Å². The Morgan fingerprint density at radius 1 is 1.50 bits per heavy atom. The van der Waals surface area contributed by atoms with Gasteiger partial charge in [0.1, 0.15) is 5.54 Å². The summed E-state index contributed by atoms with van der Waals surface area (Å²) in [5.74, 6) is -0.816. The normalized spacial score (nSPS) is 15.6. The molecule has 2 N–H and O–H groups in total. The van der Waals surface area contributed by atoms with Crippen molar-refractivity contribution in [2.24, 2.45) is 0 Å². The molecule has 2 unspecified atom stereocenters. The molecular weight excluding hydrogens is 274 g/mol. The molecule has 0 aliphatic heterocycles. The summed E-state index contributed by atoms with van der Waals surface area (Å²) < 4.78 is 0. The van der Waals surface area contributed by atoms with Crippen molar-refractivity contribution in [1.82, 2.24) is 15.3 Å². The van der Waals surface area contributed by atoms with Gasteiger partial charge in [-0.05, 0) is 38.8 Å². The van der Waals surface area contributed by atoms with Crippen LogP contribution in [0.25, 0.3) is 0 Å². The van der Waals surface area contributed by atoms with Crippen molar-refractivity contribution in [3.05, 3.63) is 18.0 Å². The van der Waals surface area contributed by atoms with Crippen LogP contribution in [0, 0.1) is 6.92 Å². The Kier molecular flexibility index (Phi) is 6.42. The maximum absolute atomic E-state index is 11.5. The summed E-state index contributed by atoms with van der Waals surface area (Å²) in [6.45, 7) is 8.39. The lowest BCUT2D eigenvalue weighted by molar-refractivity contribution is -0.144. The molecule has 20 heavy (non-hydrogen) atoms. The number of carbonyl (C=O) groups is 1. The Morgan fingerprint density at radius 2 is 2.10 bits per heavy atom. The highest BCUT2D eigenvalue weighted by Gasteiger charge is 2.34. The molecule has 1 aromatic heterocycles. The number of hydrogen-bond acceptors (Lipinski definition) is 5. The maximum Gasteiger partial charge on any atom is 0.323 e. The third-order valence-corrected chi connectivity index (χ3v) is 3.99. The number of aryl methyl sites for hydroxylation is 1. The minimum absolute atomic E-state index is 0.114. The molecule has 0 saturated carbocycles. The van der Waals surface area contributed by atoms with Crippen LogP contribution in [0.1, 0.15) is 39.2 Å². The number of rotatable bonds is 8. The number of aliphatic carboxylic acids is 1. The van der Waals surface area contributed by atoms with E-state index in [0.29, 0.717) is 18.1 Å². The predicted octanol–water partition coefficient (Wildman–Crippen LogP) is 2.50. The second kappa shape index (κ2) is 7.59. The van der Waals surface area contributed by atoms with Crippen molar-refractivity contribution in [1.29, 1.82) is 0 Å². The predicted molar refractivity (Wildman–Crippen MR) is 81.0 cm³/mol. The molecule has 0 fully saturated rings. The zero-order valence-electron chi connectivity index (χ0n) is 12.5. The molecule has 0 aromatic carbocycles. The van der Waals surface area contributed by atoms with E-state index in [1.54, 1.807) is 19.3 Å². The maximum atomic E-state index is 11.5. The van der Waals surface area contributed by atoms with Crippen LogP contribution in [0.15, 0.2) is 17.6 Å². The Hall–Kier alpha value is -1.14. The summed E-state index contributed by atoms with van der Waals surface area (Å²) in [5.41, 5.74) is 0.106. The van der Waals surface area contributed by atoms with Crippen molar-refractivity contribution >= 4 is 17.7 Å². The number of nitrogens with zero attached hydrogens (tertiary/aromatic N) is 2. The molecule has 0 saturated heterocycles. The molecule has 112 valence electrons. The smallest absolute Gasteiger partial charge is 0.323 e. The Labute approximate surface area is 124 Å². The van der Waals surface area contributed by atoms with Gasteiger partial charge in [-0.1, -0.05) is 25.6 Å². The number of nitrogens with one attached hydrogen (secondary N) is 1. The number of carboxylic acid groups (broad SMARTS) is 1. The summed E-state index contributed by atoms with van der Waals surface area (Å²) >= 11 is 1.50. The number of aromatic nitrogens is 2. The first kappa shape index (κ1) is 16.9. The van der Waals surface area contributed by atoms with Crippen LogP contribution in [0.4, 0.5) is 0 Å². The van der Waals surface area contributed by atoms with E-state index >= 15 is 0 Å². The van der Waals surface area contributed by atoms with Gasteiger partial charge in [-0.2, -0.15) is 0 Å². The molecule has 1 aromatic rings. The monoisotopic (exact) mass is 297 g/mol. The number of hydrogen-bond donors (Lipinski definition) is 2. The molecule has 0 aliphatic carbocycles. The first-order chi connectivity index (χ1) is 9.37. The lowest BCUT2D eigenvalue weighted by atomic mass is 9.96. The highest BCUT2D eigenvalue weighted by molar-refractivity contribution is 7.99. The van der Waals surface area contributed by atoms with Crippen LogP contribution < -0.4 is 5.32 Å². The second-order valence-corrected chi connectivity index (χ2v) is 6.65. The van der Waals surface area contributed by atoms with Gasteiger partial charge in [0, 0.05) is 17.6 Å². The van der Waals surface area contributed by atoms with Crippen molar-refractivity contribution in [2.45, 2.75) is 56.5 Å². The molecule has 0 bridgehead atoms. The van der Waals surface area contributed by atoms with Crippen molar-refractivity contribution in [3.63, 3.8) is 0 Å². The summed E-state index contributed by atoms with van der Waals surface area (Å²) in [5, 5.41) is 13.3. The molecule has 5 nitrogen and oxygen atoms in total. The van der Waals surface area contributed by atoms with E-state index < -0.39 is 11.5 Å². The van der Waals surface area contributed by atoms with Crippen LogP contribution in [0.2, 0.25) is 0 Å². The quantitative estimate of drug-likeness (QED) is 0.567. The summed E-state index contributed by atoms with van der Waals surface area (Å²) in [6.07, 6.45) is 4.97. The average molecular weight is 297 g/mol. The lowest BCUT2D eigenvalue weighted by Crippen LogP contribution is -2.51. The first-order valence-electron chi connectivity index (χ1n) is 6.81. The van der Waals surface area contributed by atoms with E-state index in [2.05, 4.69) is 15.3 Å². The topological polar surface area (TPSA) is 75.1 Å². The van der Waals surface area contributed by atoms with Crippen LogP contribution in [-0.2, 0) is 4.79 Å². The lowest BCUT2D eigenvalue weighted by Gasteiger charge is -2.28. The van der Waals surface area contributed by atoms with Gasteiger partial charge in [0.2, 0.25) is 0 Å². The first-order valence-corrected chi connectivity index (χ1v) is 7.69. The summed E-state index contributed by atoms with van der Waals surface area (Å²) in [6, 6.07) is 0. The Morgan fingerprint density at radius 3 is 2.60 bits per heavy atom. The van der Waals surface area contributed by atoms with Gasteiger partial charge < -0.3 is 10.4 Å². The van der Waals surface area contributed by atoms with Gasteiger partial charge in [0.25, 0.3) is 0 Å². The highest BCUT2D eigenvalue weighted by atomic mass is 32.2. The molecule has 2 atom stereocenters. The number of carboxylic acids is 1. The molecule has 6 heteroatoms. The van der Waals surface area contributed by atoms with Gasteiger partial charge in [-0.25, -0.2) is 9.97 Å². The molecule has 1 rings (SSSR count). The van der Waals surface area contributed by atoms with Gasteiger partial charge >= 0.3 is 5.97 Å². The fraction of sp³-hybridized carbons (Fsp3) is 0.643. The van der Waals surface area contributed by atoms with Gasteiger partial charge in [0.05, 0.1) is 0 Å². The molecule has 0 amide bonds. The minimum atomic E-state index is -0.910. The van der Waals surface area contributed by atoms with Crippen LogP contribution in [-0.4, -0.2) is 38.4 Å². The SMILES string of the molecule is CCCNC(C)(CC(C)Sc1ncc(C)cn1)C(=O)O. The van der Waals surface area contributed by atoms with Gasteiger partial charge in [-0.15, -0.1) is 0 Å². The Balaban J connectivity index is 2.64. The zero-order valence-corrected chi connectivity index (χ0v) is 13.3. The van der Waals surface area contributed by atoms with Crippen LogP contribution in [0.5, 0.6) is 0 Å². The summed E-state index contributed by atoms with van der Waals surface area (Å²) in [4.78, 5) is 19.9. The zero-order chi connectivity index (χ0) is 15.2. The van der Waals surface area contributed by atoms with E-state index in [4.69, 9.17) is 0 Å². The number of thioether (sulfide) groups is 1. The van der Waals surface area contributed by atoms with E-state index in [-0.39, 0.29) is 5.25 Å². The third-order valence-electron chi connectivity index (χ3n) is 3.00. The Bertz CT molecular complexity index is 439. The van der Waals surface area contributed by atoms with Gasteiger partial charge in [0.15, 0.2) is 5.16 Å². The van der Waals surface area contributed by atoms with Crippen molar-refractivity contribution in [2.75, 3.05) is 6.54 Å². The van der Waals surface area contributed by atoms with Crippen molar-refractivity contribution in [3.8, 4) is 0 Å². The fourth-order valence-corrected chi connectivity index (χ4v) is 2.88. The van der Waals surface area contributed by atoms with E-state index in [1.165, 1.54) is 11.8 Å². The minimum Gasteiger partial charge on any atom is -0.480 e. The van der Waals surface area contributed by atoms with E-state index in [0.717, 1.165) is 12.0 Å². The molecule has 0 spiro atoms. The average Bonchev–Trinajstić information content (AvgIpc) is 2.39. The standard InChI is InChI=1S/C14H23N3O2S/c1-5-6-17-14(4,12(18)19)7-11(3)20-13-15-8-10(2)9-16-13/h8-9,11,17H,5-7H2,1-4H3,(H,18,19). The van der Waals surface area contributed by atoms with Gasteiger partial charge in [-0.3, -0.25) is 4.79 Å². The molecule has 0 aliphatic rings. The molecule has 1 heterocycles. The highest BCUT2D eigenvalue weighted by Crippen LogP contribution is 2.26. The van der Waals surface area contributed by atoms with E-state index in [1.807, 2.05) is 20.8 Å². The second-order valence-electron chi connectivity index (χ2n) is 5.24. The fourth-order valence-electron chi connectivity index (χ4n) is 1.87. The van der Waals surface area contributed by atoms with E-state index in [9.17, 15) is 9.90 Å². The largest absolute Gasteiger partial charge is 0.480 e. The van der Waals surface area contributed by atoms with Crippen LogP contribution in [0.3, 0.4) is 0 Å². The summed E-state index contributed by atoms with van der Waals surface area (Å²) in [7, 11) is 0. The van der Waals surface area contributed by atoms with Crippen LogP contribution >= 0.6 is 11.8 Å². The third kappa shape index (κ3) is 5.09. The molecule has 0 radical (unpaired) electrons.